The van der Waals surface area contributed by atoms with Crippen LogP contribution < -0.4 is 9.47 Å². The molecule has 0 amide bonds. The van der Waals surface area contributed by atoms with Gasteiger partial charge in [-0.1, -0.05) is 30.3 Å². The van der Waals surface area contributed by atoms with Crippen molar-refractivity contribution in [1.82, 2.24) is 4.98 Å². The van der Waals surface area contributed by atoms with Crippen LogP contribution >= 0.6 is 0 Å². The molecule has 2 aromatic carbocycles. The summed E-state index contributed by atoms with van der Waals surface area (Å²) in [6.45, 7) is 1.97. The number of esters is 1. The van der Waals surface area contributed by atoms with Crippen molar-refractivity contribution in [2.45, 2.75) is 32.3 Å². The first-order valence-corrected chi connectivity index (χ1v) is 10.2. The average Bonchev–Trinajstić information content (AvgIpc) is 3.14. The Morgan fingerprint density at radius 2 is 1.84 bits per heavy atom. The van der Waals surface area contributed by atoms with Crippen LogP contribution in [-0.4, -0.2) is 31.0 Å². The molecule has 0 bridgehead atoms. The third kappa shape index (κ3) is 4.06. The Balaban J connectivity index is 1.59. The summed E-state index contributed by atoms with van der Waals surface area (Å²) in [4.78, 5) is 28.9. The SMILES string of the molecule is COc1ccc(OC)c(C2CC(=O)c3c([nH]c(C(=O)OCc4ccccc4)c3C)C2)c1. The standard InChI is InChI=1S/C25H25NO5/c1-15-23-20(26-24(15)25(28)31-14-16-7-5-4-6-8-16)11-17(12-21(23)27)19-13-18(29-2)9-10-22(19)30-3/h4-10,13,17,26H,11-12,14H2,1-3H3. The lowest BCUT2D eigenvalue weighted by Gasteiger charge is -2.24. The first-order chi connectivity index (χ1) is 15.0. The topological polar surface area (TPSA) is 77.6 Å². The van der Waals surface area contributed by atoms with Gasteiger partial charge in [0.1, 0.15) is 23.8 Å². The minimum atomic E-state index is -0.459. The van der Waals surface area contributed by atoms with Crippen molar-refractivity contribution in [2.75, 3.05) is 14.2 Å². The number of methoxy groups -OCH3 is 2. The Bertz CT molecular complexity index is 1120. The van der Waals surface area contributed by atoms with Crippen molar-refractivity contribution in [2.24, 2.45) is 0 Å². The molecule has 6 heteroatoms. The fraction of sp³-hybridized carbons (Fsp3) is 0.280. The zero-order chi connectivity index (χ0) is 22.0. The number of carbonyl (C=O) groups excluding carboxylic acids is 2. The summed E-state index contributed by atoms with van der Waals surface area (Å²) in [7, 11) is 3.22. The van der Waals surface area contributed by atoms with Gasteiger partial charge in [-0.25, -0.2) is 4.79 Å². The summed E-state index contributed by atoms with van der Waals surface area (Å²) >= 11 is 0. The van der Waals surface area contributed by atoms with Gasteiger partial charge in [-0.3, -0.25) is 4.79 Å². The van der Waals surface area contributed by atoms with Crippen molar-refractivity contribution < 1.29 is 23.8 Å². The van der Waals surface area contributed by atoms with Crippen LogP contribution in [0.5, 0.6) is 11.5 Å². The van der Waals surface area contributed by atoms with E-state index in [1.54, 1.807) is 21.1 Å². The van der Waals surface area contributed by atoms with Crippen molar-refractivity contribution in [3.05, 3.63) is 82.2 Å². The second-order valence-electron chi connectivity index (χ2n) is 7.68. The first-order valence-electron chi connectivity index (χ1n) is 10.2. The molecule has 0 saturated heterocycles. The van der Waals surface area contributed by atoms with E-state index in [2.05, 4.69) is 4.98 Å². The Morgan fingerprint density at radius 1 is 1.06 bits per heavy atom. The summed E-state index contributed by atoms with van der Waals surface area (Å²) in [6.07, 6.45) is 0.936. The van der Waals surface area contributed by atoms with E-state index in [1.807, 2.05) is 48.5 Å². The maximum absolute atomic E-state index is 13.0. The fourth-order valence-electron chi connectivity index (χ4n) is 4.21. The second kappa shape index (κ2) is 8.68. The second-order valence-corrected chi connectivity index (χ2v) is 7.68. The molecule has 0 aliphatic heterocycles. The van der Waals surface area contributed by atoms with E-state index in [-0.39, 0.29) is 18.3 Å². The lowest BCUT2D eigenvalue weighted by molar-refractivity contribution is 0.0465. The normalized spacial score (nSPS) is 15.3. The van der Waals surface area contributed by atoms with Crippen LogP contribution in [0.2, 0.25) is 0 Å². The lowest BCUT2D eigenvalue weighted by atomic mass is 9.81. The molecule has 1 aliphatic carbocycles. The average molecular weight is 419 g/mol. The number of aromatic amines is 1. The van der Waals surface area contributed by atoms with E-state index in [1.165, 1.54) is 0 Å². The minimum Gasteiger partial charge on any atom is -0.497 e. The predicted molar refractivity (Wildman–Crippen MR) is 116 cm³/mol. The number of hydrogen-bond acceptors (Lipinski definition) is 5. The maximum Gasteiger partial charge on any atom is 0.355 e. The van der Waals surface area contributed by atoms with Crippen molar-refractivity contribution in [3.63, 3.8) is 0 Å². The number of fused-ring (bicyclic) bond motifs is 1. The number of Topliss-reactive ketones (excluding diaryl/α,β-unsaturated/α-hetero) is 1. The van der Waals surface area contributed by atoms with E-state index in [0.29, 0.717) is 41.2 Å². The van der Waals surface area contributed by atoms with Crippen LogP contribution in [0.25, 0.3) is 0 Å². The number of ether oxygens (including phenoxy) is 3. The van der Waals surface area contributed by atoms with Crippen molar-refractivity contribution >= 4 is 11.8 Å². The highest BCUT2D eigenvalue weighted by Gasteiger charge is 2.33. The van der Waals surface area contributed by atoms with Crippen LogP contribution in [0.3, 0.4) is 0 Å². The third-order valence-corrected chi connectivity index (χ3v) is 5.78. The summed E-state index contributed by atoms with van der Waals surface area (Å²) in [5.74, 6) is 0.900. The molecular formula is C25H25NO5. The third-order valence-electron chi connectivity index (χ3n) is 5.78. The molecule has 0 spiro atoms. The molecule has 160 valence electrons. The smallest absolute Gasteiger partial charge is 0.355 e. The van der Waals surface area contributed by atoms with E-state index >= 15 is 0 Å². The van der Waals surface area contributed by atoms with E-state index in [4.69, 9.17) is 14.2 Å². The van der Waals surface area contributed by atoms with Gasteiger partial charge in [0.05, 0.1) is 14.2 Å². The quantitative estimate of drug-likeness (QED) is 0.591. The zero-order valence-corrected chi connectivity index (χ0v) is 17.9. The fourth-order valence-corrected chi connectivity index (χ4v) is 4.21. The number of ketones is 1. The van der Waals surface area contributed by atoms with Crippen LogP contribution in [0.15, 0.2) is 48.5 Å². The van der Waals surface area contributed by atoms with E-state index < -0.39 is 5.97 Å². The summed E-state index contributed by atoms with van der Waals surface area (Å²) in [5, 5.41) is 0. The number of hydrogen-bond donors (Lipinski definition) is 1. The van der Waals surface area contributed by atoms with Gasteiger partial charge >= 0.3 is 5.97 Å². The molecule has 1 heterocycles. The van der Waals surface area contributed by atoms with Crippen LogP contribution in [0, 0.1) is 6.92 Å². The van der Waals surface area contributed by atoms with Crippen LogP contribution in [0.1, 0.15) is 55.6 Å². The predicted octanol–water partition coefficient (Wildman–Crippen LogP) is 4.61. The van der Waals surface area contributed by atoms with Gasteiger partial charge < -0.3 is 19.2 Å². The number of carbonyl (C=O) groups is 2. The summed E-state index contributed by atoms with van der Waals surface area (Å²) in [5.41, 5.74) is 4.18. The van der Waals surface area contributed by atoms with Gasteiger partial charge in [0.2, 0.25) is 0 Å². The van der Waals surface area contributed by atoms with E-state index in [0.717, 1.165) is 16.8 Å². The molecule has 1 aliphatic rings. The molecule has 0 radical (unpaired) electrons. The molecular weight excluding hydrogens is 394 g/mol. The molecule has 31 heavy (non-hydrogen) atoms. The highest BCUT2D eigenvalue weighted by Crippen LogP contribution is 2.40. The maximum atomic E-state index is 13.0. The molecule has 0 fully saturated rings. The van der Waals surface area contributed by atoms with Gasteiger partial charge in [-0.15, -0.1) is 0 Å². The van der Waals surface area contributed by atoms with Gasteiger partial charge in [0, 0.05) is 29.2 Å². The Hall–Kier alpha value is -3.54. The summed E-state index contributed by atoms with van der Waals surface area (Å²) in [6, 6.07) is 15.1. The highest BCUT2D eigenvalue weighted by atomic mass is 16.5. The van der Waals surface area contributed by atoms with Gasteiger partial charge in [-0.05, 0) is 42.7 Å². The molecule has 1 unspecified atom stereocenters. The number of aromatic nitrogens is 1. The summed E-state index contributed by atoms with van der Waals surface area (Å²) < 4.78 is 16.3. The van der Waals surface area contributed by atoms with Gasteiger partial charge in [-0.2, -0.15) is 0 Å². The first kappa shape index (κ1) is 20.7. The van der Waals surface area contributed by atoms with E-state index in [9.17, 15) is 9.59 Å². The van der Waals surface area contributed by atoms with Crippen molar-refractivity contribution in [1.29, 1.82) is 0 Å². The number of rotatable bonds is 6. The minimum absolute atomic E-state index is 0.00647. The Labute approximate surface area is 181 Å². The van der Waals surface area contributed by atoms with Gasteiger partial charge in [0.15, 0.2) is 5.78 Å². The zero-order valence-electron chi connectivity index (χ0n) is 17.9. The molecule has 3 aromatic rings. The molecule has 1 aromatic heterocycles. The Kier molecular flexibility index (Phi) is 5.80. The molecule has 0 saturated carbocycles. The molecule has 1 N–H and O–H groups in total. The van der Waals surface area contributed by atoms with Crippen molar-refractivity contribution in [3.8, 4) is 11.5 Å². The molecule has 1 atom stereocenters. The highest BCUT2D eigenvalue weighted by molar-refractivity contribution is 6.03. The van der Waals surface area contributed by atoms with Gasteiger partial charge in [0.25, 0.3) is 0 Å². The molecule has 6 nitrogen and oxygen atoms in total. The number of benzene rings is 2. The Morgan fingerprint density at radius 3 is 2.55 bits per heavy atom. The number of H-pyrrole nitrogens is 1. The molecule has 4 rings (SSSR count). The largest absolute Gasteiger partial charge is 0.497 e. The van der Waals surface area contributed by atoms with Crippen LogP contribution in [0.4, 0.5) is 0 Å². The number of nitrogens with one attached hydrogen (secondary N) is 1. The monoisotopic (exact) mass is 419 g/mol. The van der Waals surface area contributed by atoms with Crippen LogP contribution in [-0.2, 0) is 17.8 Å². The lowest BCUT2D eigenvalue weighted by Crippen LogP contribution is -2.19.